The number of hydrogen-bond acceptors (Lipinski definition) is 5. The van der Waals surface area contributed by atoms with Gasteiger partial charge in [0.25, 0.3) is 0 Å². The summed E-state index contributed by atoms with van der Waals surface area (Å²) >= 11 is 0. The molecular formula is C25H26N4O3. The van der Waals surface area contributed by atoms with Crippen molar-refractivity contribution in [1.29, 1.82) is 5.26 Å². The van der Waals surface area contributed by atoms with Crippen molar-refractivity contribution in [3.8, 4) is 6.07 Å². The molecule has 4 rings (SSSR count). The number of carbonyl (C=O) groups excluding carboxylic acids is 2. The third-order valence-electron chi connectivity index (χ3n) is 6.08. The van der Waals surface area contributed by atoms with Gasteiger partial charge in [-0.1, -0.05) is 18.2 Å². The Kier molecular flexibility index (Phi) is 5.95. The monoisotopic (exact) mass is 430 g/mol. The Hall–Kier alpha value is -3.66. The summed E-state index contributed by atoms with van der Waals surface area (Å²) in [5.74, 6) is 0.572. The molecule has 3 aromatic rings. The number of amides is 1. The van der Waals surface area contributed by atoms with Crippen molar-refractivity contribution in [3.63, 3.8) is 0 Å². The molecular weight excluding hydrogens is 404 g/mol. The summed E-state index contributed by atoms with van der Waals surface area (Å²) in [6, 6.07) is 15.7. The fraction of sp³-hybridized carbons (Fsp3) is 0.360. The molecule has 0 spiro atoms. The molecule has 1 heterocycles. The van der Waals surface area contributed by atoms with Crippen molar-refractivity contribution in [1.82, 2.24) is 14.9 Å². The minimum absolute atomic E-state index is 0.0464. The quantitative estimate of drug-likeness (QED) is 0.554. The molecule has 0 bridgehead atoms. The van der Waals surface area contributed by atoms with Crippen LogP contribution in [0.1, 0.15) is 48.7 Å². The molecule has 0 saturated heterocycles. The number of benzene rings is 2. The van der Waals surface area contributed by atoms with Crippen LogP contribution in [0.15, 0.2) is 42.5 Å². The summed E-state index contributed by atoms with van der Waals surface area (Å²) < 4.78 is 6.98. The van der Waals surface area contributed by atoms with E-state index in [1.165, 1.54) is 0 Å². The third-order valence-corrected chi connectivity index (χ3v) is 6.08. The predicted octanol–water partition coefficient (Wildman–Crippen LogP) is 3.14. The van der Waals surface area contributed by atoms with Gasteiger partial charge < -0.3 is 14.6 Å². The highest BCUT2D eigenvalue weighted by molar-refractivity contribution is 5.92. The van der Waals surface area contributed by atoms with E-state index in [0.29, 0.717) is 18.6 Å². The molecule has 1 saturated carbocycles. The molecule has 1 aliphatic rings. The largest absolute Gasteiger partial charge is 0.466 e. The van der Waals surface area contributed by atoms with Crippen LogP contribution in [0, 0.1) is 11.3 Å². The van der Waals surface area contributed by atoms with E-state index in [1.807, 2.05) is 49.5 Å². The molecule has 7 heteroatoms. The normalized spacial score (nSPS) is 14.0. The van der Waals surface area contributed by atoms with Crippen LogP contribution in [0.25, 0.3) is 11.0 Å². The van der Waals surface area contributed by atoms with Crippen molar-refractivity contribution >= 4 is 22.9 Å². The van der Waals surface area contributed by atoms with E-state index in [-0.39, 0.29) is 24.8 Å². The highest BCUT2D eigenvalue weighted by atomic mass is 16.5. The van der Waals surface area contributed by atoms with Crippen molar-refractivity contribution in [2.75, 3.05) is 13.2 Å². The number of ether oxygens (including phenoxy) is 1. The molecule has 164 valence electrons. The number of esters is 1. The Morgan fingerprint density at radius 3 is 2.62 bits per heavy atom. The Bertz CT molecular complexity index is 1200. The Morgan fingerprint density at radius 1 is 1.22 bits per heavy atom. The number of fused-ring (bicyclic) bond motifs is 1. The lowest BCUT2D eigenvalue weighted by Crippen LogP contribution is -2.36. The molecule has 1 aromatic heterocycles. The number of nitrogens with zero attached hydrogens (tertiary/aromatic N) is 3. The lowest BCUT2D eigenvalue weighted by atomic mass is 9.94. The van der Waals surface area contributed by atoms with E-state index in [2.05, 4.69) is 16.0 Å². The van der Waals surface area contributed by atoms with Crippen LogP contribution in [-0.2, 0) is 33.2 Å². The summed E-state index contributed by atoms with van der Waals surface area (Å²) in [6.45, 7) is 2.38. The zero-order valence-electron chi connectivity index (χ0n) is 18.4. The Morgan fingerprint density at radius 2 is 1.97 bits per heavy atom. The van der Waals surface area contributed by atoms with Crippen LogP contribution in [0.5, 0.6) is 0 Å². The maximum absolute atomic E-state index is 12.9. The first-order valence-electron chi connectivity index (χ1n) is 10.9. The van der Waals surface area contributed by atoms with E-state index in [1.54, 1.807) is 6.92 Å². The van der Waals surface area contributed by atoms with Gasteiger partial charge in [0, 0.05) is 20.0 Å². The SMILES string of the molecule is CCOC(=O)CCNC(=O)C1(c2ccc3c(c2)nc(Cc2ccc(C#N)cc2)n3C)CC1. The Balaban J connectivity index is 1.50. The highest BCUT2D eigenvalue weighted by Gasteiger charge is 2.51. The topological polar surface area (TPSA) is 97.0 Å². The zero-order valence-corrected chi connectivity index (χ0v) is 18.4. The first-order valence-corrected chi connectivity index (χ1v) is 10.9. The summed E-state index contributed by atoms with van der Waals surface area (Å²) in [7, 11) is 1.99. The number of nitrogens with one attached hydrogen (secondary N) is 1. The standard InChI is InChI=1S/C25H26N4O3/c1-3-32-23(30)10-13-27-24(31)25(11-12-25)19-8-9-21-20(15-19)28-22(29(21)2)14-17-4-6-18(16-26)7-5-17/h4-9,15H,3,10-14H2,1-2H3,(H,27,31). The number of imidazole rings is 1. The molecule has 1 aliphatic carbocycles. The molecule has 1 amide bonds. The van der Waals surface area contributed by atoms with Gasteiger partial charge in [-0.15, -0.1) is 0 Å². The van der Waals surface area contributed by atoms with E-state index < -0.39 is 5.41 Å². The van der Waals surface area contributed by atoms with Crippen LogP contribution in [0.3, 0.4) is 0 Å². The van der Waals surface area contributed by atoms with E-state index >= 15 is 0 Å². The van der Waals surface area contributed by atoms with Crippen LogP contribution in [-0.4, -0.2) is 34.6 Å². The van der Waals surface area contributed by atoms with Gasteiger partial charge in [-0.2, -0.15) is 5.26 Å². The van der Waals surface area contributed by atoms with Gasteiger partial charge >= 0.3 is 5.97 Å². The van der Waals surface area contributed by atoms with Gasteiger partial charge in [0.1, 0.15) is 5.82 Å². The van der Waals surface area contributed by atoms with Gasteiger partial charge in [-0.25, -0.2) is 4.98 Å². The second-order valence-corrected chi connectivity index (χ2v) is 8.17. The lowest BCUT2D eigenvalue weighted by molar-refractivity contribution is -0.143. The number of rotatable bonds is 8. The van der Waals surface area contributed by atoms with Gasteiger partial charge in [0.05, 0.1) is 41.1 Å². The van der Waals surface area contributed by atoms with Gasteiger partial charge in [-0.05, 0) is 55.2 Å². The number of nitriles is 1. The van der Waals surface area contributed by atoms with Crippen LogP contribution < -0.4 is 5.32 Å². The van der Waals surface area contributed by atoms with Gasteiger partial charge in [-0.3, -0.25) is 9.59 Å². The van der Waals surface area contributed by atoms with E-state index in [9.17, 15) is 9.59 Å². The van der Waals surface area contributed by atoms with Crippen molar-refractivity contribution in [2.45, 2.75) is 38.0 Å². The summed E-state index contributed by atoms with van der Waals surface area (Å²) in [5, 5.41) is 11.9. The second-order valence-electron chi connectivity index (χ2n) is 8.17. The molecule has 1 fully saturated rings. The molecule has 2 aromatic carbocycles. The smallest absolute Gasteiger partial charge is 0.307 e. The molecule has 0 aliphatic heterocycles. The minimum atomic E-state index is -0.534. The maximum Gasteiger partial charge on any atom is 0.307 e. The zero-order chi connectivity index (χ0) is 22.7. The van der Waals surface area contributed by atoms with Gasteiger partial charge in [0.2, 0.25) is 5.91 Å². The van der Waals surface area contributed by atoms with E-state index in [4.69, 9.17) is 15.0 Å². The predicted molar refractivity (Wildman–Crippen MR) is 120 cm³/mol. The molecule has 0 unspecified atom stereocenters. The van der Waals surface area contributed by atoms with Crippen LogP contribution >= 0.6 is 0 Å². The lowest BCUT2D eigenvalue weighted by Gasteiger charge is -2.16. The van der Waals surface area contributed by atoms with Crippen molar-refractivity contribution in [2.24, 2.45) is 7.05 Å². The fourth-order valence-electron chi connectivity index (χ4n) is 4.04. The third kappa shape index (κ3) is 4.22. The number of carbonyl (C=O) groups is 2. The second kappa shape index (κ2) is 8.83. The summed E-state index contributed by atoms with van der Waals surface area (Å²) in [6.07, 6.45) is 2.41. The number of aromatic nitrogens is 2. The van der Waals surface area contributed by atoms with Crippen molar-refractivity contribution < 1.29 is 14.3 Å². The van der Waals surface area contributed by atoms with E-state index in [0.717, 1.165) is 40.8 Å². The van der Waals surface area contributed by atoms with Crippen LogP contribution in [0.4, 0.5) is 0 Å². The number of aryl methyl sites for hydroxylation is 1. The maximum atomic E-state index is 12.9. The molecule has 32 heavy (non-hydrogen) atoms. The fourth-order valence-corrected chi connectivity index (χ4v) is 4.04. The molecule has 0 radical (unpaired) electrons. The molecule has 0 atom stereocenters. The number of hydrogen-bond donors (Lipinski definition) is 1. The first kappa shape index (κ1) is 21.6. The average Bonchev–Trinajstić information content (AvgIpc) is 3.55. The first-order chi connectivity index (χ1) is 15.5. The van der Waals surface area contributed by atoms with Crippen molar-refractivity contribution in [3.05, 3.63) is 65.0 Å². The average molecular weight is 431 g/mol. The van der Waals surface area contributed by atoms with Crippen LogP contribution in [0.2, 0.25) is 0 Å². The molecule has 7 nitrogen and oxygen atoms in total. The minimum Gasteiger partial charge on any atom is -0.466 e. The summed E-state index contributed by atoms with van der Waals surface area (Å²) in [5.41, 5.74) is 4.02. The summed E-state index contributed by atoms with van der Waals surface area (Å²) in [4.78, 5) is 29.2. The van der Waals surface area contributed by atoms with Gasteiger partial charge in [0.15, 0.2) is 0 Å². The Labute approximate surface area is 187 Å². The molecule has 1 N–H and O–H groups in total. The highest BCUT2D eigenvalue weighted by Crippen LogP contribution is 2.49.